The fourth-order valence-electron chi connectivity index (χ4n) is 10.5. The molecular weight excluding hydrogens is 923 g/mol. The second kappa shape index (κ2) is 64.6. The summed E-state index contributed by atoms with van der Waals surface area (Å²) in [4.78, 5) is 24.6. The number of hydrogen-bond acceptors (Lipinski definition) is 5. The third-order valence-corrected chi connectivity index (χ3v) is 15.7. The van der Waals surface area contributed by atoms with Crippen LogP contribution < -0.4 is 5.32 Å². The number of nitrogens with one attached hydrogen (secondary N) is 1. The minimum atomic E-state index is -0.843. The van der Waals surface area contributed by atoms with E-state index in [2.05, 4.69) is 43.5 Å². The Hall–Kier alpha value is -1.92. The van der Waals surface area contributed by atoms with Gasteiger partial charge in [-0.3, -0.25) is 9.59 Å². The lowest BCUT2D eigenvalue weighted by atomic mass is 10.0. The molecule has 1 amide bonds. The molecule has 2 atom stereocenters. The molecule has 0 radical (unpaired) electrons. The first-order valence-electron chi connectivity index (χ1n) is 33.8. The standard InChI is InChI=1S/C69H131NO5/c1-3-5-7-9-11-13-15-17-19-30-35-39-43-47-51-55-59-63-69(74)75-64-60-56-52-48-44-40-36-32-29-27-25-23-21-20-22-24-26-28-31-34-38-42-46-50-54-58-62-68(73)70-66(65-71)67(72)61-57-53-49-45-41-37-33-18-16-14-12-10-8-6-4-2/h11,13,17,19,57,61,66-67,71-72H,3-10,12,14-16,18,20-56,58-60,62-65H2,1-2H3,(H,70,73)/b13-11-,19-17-,61-57+. The van der Waals surface area contributed by atoms with E-state index in [4.69, 9.17) is 4.74 Å². The second-order valence-corrected chi connectivity index (χ2v) is 23.2. The summed E-state index contributed by atoms with van der Waals surface area (Å²) in [6, 6.07) is -0.626. The fraction of sp³-hybridized carbons (Fsp3) is 0.884. The zero-order chi connectivity index (χ0) is 54.3. The lowest BCUT2D eigenvalue weighted by Crippen LogP contribution is -2.45. The Kier molecular flexibility index (Phi) is 63.0. The summed E-state index contributed by atoms with van der Waals surface area (Å²) in [5.74, 6) is -0.0546. The van der Waals surface area contributed by atoms with Crippen molar-refractivity contribution in [3.05, 3.63) is 36.5 Å². The Morgan fingerprint density at radius 2 is 0.667 bits per heavy atom. The van der Waals surface area contributed by atoms with Gasteiger partial charge in [-0.05, 0) is 64.2 Å². The molecule has 6 nitrogen and oxygen atoms in total. The lowest BCUT2D eigenvalue weighted by Gasteiger charge is -2.20. The van der Waals surface area contributed by atoms with Crippen molar-refractivity contribution in [3.63, 3.8) is 0 Å². The van der Waals surface area contributed by atoms with Crippen LogP contribution in [0.25, 0.3) is 0 Å². The van der Waals surface area contributed by atoms with E-state index in [1.165, 1.54) is 289 Å². The Morgan fingerprint density at radius 1 is 0.373 bits per heavy atom. The number of amides is 1. The molecule has 0 bridgehead atoms. The average molecular weight is 1050 g/mol. The van der Waals surface area contributed by atoms with E-state index < -0.39 is 12.1 Å². The van der Waals surface area contributed by atoms with Crippen molar-refractivity contribution in [3.8, 4) is 0 Å². The largest absolute Gasteiger partial charge is 0.466 e. The van der Waals surface area contributed by atoms with E-state index in [0.29, 0.717) is 19.4 Å². The molecule has 0 aliphatic rings. The molecule has 0 heterocycles. The minimum Gasteiger partial charge on any atom is -0.466 e. The number of carbonyl (C=O) groups excluding carboxylic acids is 2. The van der Waals surface area contributed by atoms with E-state index in [1.807, 2.05) is 6.08 Å². The van der Waals surface area contributed by atoms with E-state index in [0.717, 1.165) is 51.4 Å². The first-order valence-corrected chi connectivity index (χ1v) is 33.8. The van der Waals surface area contributed by atoms with Crippen molar-refractivity contribution in [2.24, 2.45) is 0 Å². The molecule has 442 valence electrons. The van der Waals surface area contributed by atoms with E-state index in [1.54, 1.807) is 6.08 Å². The van der Waals surface area contributed by atoms with Crippen LogP contribution in [0.15, 0.2) is 36.5 Å². The number of hydrogen-bond donors (Lipinski definition) is 3. The van der Waals surface area contributed by atoms with Gasteiger partial charge >= 0.3 is 5.97 Å². The van der Waals surface area contributed by atoms with Crippen LogP contribution in [0.4, 0.5) is 0 Å². The zero-order valence-electron chi connectivity index (χ0n) is 50.5. The fourth-order valence-corrected chi connectivity index (χ4v) is 10.5. The Bertz CT molecular complexity index is 1210. The van der Waals surface area contributed by atoms with Crippen LogP contribution in [0.1, 0.15) is 367 Å². The van der Waals surface area contributed by atoms with Crippen LogP contribution in [0.5, 0.6) is 0 Å². The molecule has 75 heavy (non-hydrogen) atoms. The normalized spacial score (nSPS) is 12.7. The number of aliphatic hydroxyl groups excluding tert-OH is 2. The highest BCUT2D eigenvalue weighted by Gasteiger charge is 2.18. The number of unbranched alkanes of at least 4 members (excludes halogenated alkanes) is 48. The third kappa shape index (κ3) is 61.2. The molecule has 0 aromatic rings. The monoisotopic (exact) mass is 1050 g/mol. The predicted octanol–water partition coefficient (Wildman–Crippen LogP) is 21.5. The van der Waals surface area contributed by atoms with Crippen molar-refractivity contribution < 1.29 is 24.5 Å². The van der Waals surface area contributed by atoms with Gasteiger partial charge in [0.2, 0.25) is 5.91 Å². The molecule has 2 unspecified atom stereocenters. The number of carbonyl (C=O) groups is 2. The summed E-state index contributed by atoms with van der Waals surface area (Å²) < 4.78 is 5.50. The van der Waals surface area contributed by atoms with Gasteiger partial charge in [-0.1, -0.05) is 326 Å². The topological polar surface area (TPSA) is 95.9 Å². The van der Waals surface area contributed by atoms with Crippen LogP contribution in [0.2, 0.25) is 0 Å². The summed E-state index contributed by atoms with van der Waals surface area (Å²) in [6.07, 6.45) is 82.1. The smallest absolute Gasteiger partial charge is 0.305 e. The summed E-state index contributed by atoms with van der Waals surface area (Å²) in [5.41, 5.74) is 0. The number of ether oxygens (including phenoxy) is 1. The maximum absolute atomic E-state index is 12.5. The molecule has 0 aliphatic carbocycles. The summed E-state index contributed by atoms with van der Waals surface area (Å²) in [5, 5.41) is 23.2. The molecule has 0 saturated heterocycles. The molecule has 6 heteroatoms. The van der Waals surface area contributed by atoms with Gasteiger partial charge in [0.15, 0.2) is 0 Å². The maximum atomic E-state index is 12.5. The second-order valence-electron chi connectivity index (χ2n) is 23.2. The van der Waals surface area contributed by atoms with Gasteiger partial charge in [0.25, 0.3) is 0 Å². The number of allylic oxidation sites excluding steroid dienone is 5. The molecule has 0 fully saturated rings. The Labute approximate surface area is 468 Å². The Morgan fingerprint density at radius 3 is 1.04 bits per heavy atom. The molecular formula is C69H131NO5. The van der Waals surface area contributed by atoms with E-state index >= 15 is 0 Å². The van der Waals surface area contributed by atoms with Crippen LogP contribution in [0.3, 0.4) is 0 Å². The first-order chi connectivity index (χ1) is 37.0. The van der Waals surface area contributed by atoms with E-state index in [9.17, 15) is 19.8 Å². The molecule has 0 spiro atoms. The number of aliphatic hydroxyl groups is 2. The molecule has 0 aromatic carbocycles. The first kappa shape index (κ1) is 73.1. The summed E-state index contributed by atoms with van der Waals surface area (Å²) in [7, 11) is 0. The average Bonchev–Trinajstić information content (AvgIpc) is 3.41. The number of rotatable bonds is 63. The van der Waals surface area contributed by atoms with Gasteiger partial charge in [-0.15, -0.1) is 0 Å². The quantitative estimate of drug-likeness (QED) is 0.0320. The highest BCUT2D eigenvalue weighted by atomic mass is 16.5. The minimum absolute atomic E-state index is 0.00934. The van der Waals surface area contributed by atoms with Crippen molar-refractivity contribution in [2.75, 3.05) is 13.2 Å². The molecule has 0 aliphatic heterocycles. The van der Waals surface area contributed by atoms with E-state index in [-0.39, 0.29) is 18.5 Å². The highest BCUT2D eigenvalue weighted by Crippen LogP contribution is 2.18. The molecule has 0 saturated carbocycles. The summed E-state index contributed by atoms with van der Waals surface area (Å²) in [6.45, 7) is 4.90. The van der Waals surface area contributed by atoms with Crippen molar-refractivity contribution in [1.29, 1.82) is 0 Å². The number of esters is 1. The third-order valence-electron chi connectivity index (χ3n) is 15.7. The van der Waals surface area contributed by atoms with Crippen molar-refractivity contribution >= 4 is 11.9 Å². The van der Waals surface area contributed by atoms with Gasteiger partial charge in [-0.2, -0.15) is 0 Å². The van der Waals surface area contributed by atoms with Crippen LogP contribution in [-0.2, 0) is 14.3 Å². The summed E-state index contributed by atoms with van der Waals surface area (Å²) >= 11 is 0. The van der Waals surface area contributed by atoms with Gasteiger partial charge < -0.3 is 20.3 Å². The Balaban J connectivity index is 3.36. The maximum Gasteiger partial charge on any atom is 0.305 e. The van der Waals surface area contributed by atoms with Crippen LogP contribution in [-0.4, -0.2) is 47.4 Å². The van der Waals surface area contributed by atoms with Crippen LogP contribution in [0, 0.1) is 0 Å². The van der Waals surface area contributed by atoms with Gasteiger partial charge in [0.05, 0.1) is 25.4 Å². The van der Waals surface area contributed by atoms with Crippen molar-refractivity contribution in [2.45, 2.75) is 379 Å². The zero-order valence-corrected chi connectivity index (χ0v) is 50.5. The molecule has 0 rings (SSSR count). The van der Waals surface area contributed by atoms with Gasteiger partial charge in [0, 0.05) is 12.8 Å². The van der Waals surface area contributed by atoms with Gasteiger partial charge in [-0.25, -0.2) is 0 Å². The SMILES string of the molecule is CCCCC/C=C\C/C=C\CCCCCCCCCC(=O)OCCCCCCCCCCCCCCCCCCCCCCCCCCCCC(=O)NC(CO)C(O)/C=C/CCCCCCCCCCCCCCC. The van der Waals surface area contributed by atoms with Gasteiger partial charge in [0.1, 0.15) is 0 Å². The van der Waals surface area contributed by atoms with Crippen LogP contribution >= 0.6 is 0 Å². The van der Waals surface area contributed by atoms with Crippen molar-refractivity contribution in [1.82, 2.24) is 5.32 Å². The predicted molar refractivity (Wildman–Crippen MR) is 329 cm³/mol. The molecule has 0 aromatic heterocycles. The molecule has 3 N–H and O–H groups in total. The lowest BCUT2D eigenvalue weighted by molar-refractivity contribution is -0.143. The highest BCUT2D eigenvalue weighted by molar-refractivity contribution is 5.76.